The molecule has 2 nitrogen and oxygen atoms in total. The van der Waals surface area contributed by atoms with Gasteiger partial charge in [0.2, 0.25) is 5.91 Å². The van der Waals surface area contributed by atoms with E-state index in [0.29, 0.717) is 5.92 Å². The van der Waals surface area contributed by atoms with Crippen LogP contribution in [0.25, 0.3) is 0 Å². The Hall–Kier alpha value is -2.01. The molecule has 120 valence electrons. The molecule has 0 aromatic carbocycles. The molecule has 0 fully saturated rings. The summed E-state index contributed by atoms with van der Waals surface area (Å²) in [6.45, 7) is 7.03. The quantitative estimate of drug-likeness (QED) is 0.287. The third-order valence-electron chi connectivity index (χ3n) is 2.62. The van der Waals surface area contributed by atoms with Crippen molar-refractivity contribution >= 4 is 5.91 Å². The number of unbranched alkanes of at least 4 members (excludes halogenated alkanes) is 2. The fourth-order valence-electron chi connectivity index (χ4n) is 1.43. The van der Waals surface area contributed by atoms with Crippen LogP contribution in [-0.2, 0) is 4.79 Å². The van der Waals surface area contributed by atoms with Gasteiger partial charge in [-0.15, -0.1) is 0 Å². The van der Waals surface area contributed by atoms with Crippen LogP contribution in [0.3, 0.4) is 0 Å². The van der Waals surface area contributed by atoms with Crippen LogP contribution in [0.2, 0.25) is 0 Å². The summed E-state index contributed by atoms with van der Waals surface area (Å²) in [5.41, 5.74) is 0. The molecule has 1 amide bonds. The first-order valence-electron chi connectivity index (χ1n) is 8.09. The van der Waals surface area contributed by atoms with Gasteiger partial charge >= 0.3 is 0 Å². The van der Waals surface area contributed by atoms with Crippen molar-refractivity contribution in [2.24, 2.45) is 5.92 Å². The molecule has 0 aromatic heterocycles. The lowest BCUT2D eigenvalue weighted by molar-refractivity contribution is -0.116. The van der Waals surface area contributed by atoms with E-state index in [2.05, 4.69) is 50.1 Å². The van der Waals surface area contributed by atoms with Crippen molar-refractivity contribution in [2.75, 3.05) is 6.54 Å². The van der Waals surface area contributed by atoms with E-state index in [1.165, 1.54) is 0 Å². The standard InChI is InChI=1S/C20H29NO/c1-4-5-6-7-8-9-10-11-12-13-14-15-16-17-20(22)21-18-19(2)3/h6-7,10-13,16-17,19H,4-5,14-15,18H2,1-3H3,(H,21,22)/b7-6+,11-10+,13-12+,17-16+. The Morgan fingerprint density at radius 3 is 2.45 bits per heavy atom. The molecule has 0 aliphatic rings. The van der Waals surface area contributed by atoms with Gasteiger partial charge in [-0.2, -0.15) is 0 Å². The normalized spacial score (nSPS) is 11.8. The van der Waals surface area contributed by atoms with Gasteiger partial charge in [0.05, 0.1) is 0 Å². The molecule has 0 radical (unpaired) electrons. The molecule has 0 atom stereocenters. The highest BCUT2D eigenvalue weighted by atomic mass is 16.1. The summed E-state index contributed by atoms with van der Waals surface area (Å²) < 4.78 is 0. The maximum Gasteiger partial charge on any atom is 0.243 e. The average molecular weight is 299 g/mol. The zero-order chi connectivity index (χ0) is 16.5. The molecule has 0 bridgehead atoms. The Morgan fingerprint density at radius 2 is 1.73 bits per heavy atom. The fraction of sp³-hybridized carbons (Fsp3) is 0.450. The van der Waals surface area contributed by atoms with E-state index >= 15 is 0 Å². The van der Waals surface area contributed by atoms with E-state index in [1.807, 2.05) is 30.4 Å². The van der Waals surface area contributed by atoms with Crippen LogP contribution in [0.5, 0.6) is 0 Å². The minimum Gasteiger partial charge on any atom is -0.352 e. The van der Waals surface area contributed by atoms with Crippen LogP contribution in [0.4, 0.5) is 0 Å². The van der Waals surface area contributed by atoms with Gasteiger partial charge in [0.1, 0.15) is 0 Å². The highest BCUT2D eigenvalue weighted by molar-refractivity contribution is 5.87. The average Bonchev–Trinajstić information content (AvgIpc) is 2.49. The molecule has 0 saturated carbocycles. The van der Waals surface area contributed by atoms with Gasteiger partial charge in [0.25, 0.3) is 0 Å². The van der Waals surface area contributed by atoms with E-state index in [9.17, 15) is 4.79 Å². The summed E-state index contributed by atoms with van der Waals surface area (Å²) in [4.78, 5) is 11.4. The van der Waals surface area contributed by atoms with E-state index in [-0.39, 0.29) is 5.91 Å². The topological polar surface area (TPSA) is 29.1 Å². The Bertz CT molecular complexity index is 456. The summed E-state index contributed by atoms with van der Waals surface area (Å²) in [6, 6.07) is 0. The van der Waals surface area contributed by atoms with Crippen LogP contribution >= 0.6 is 0 Å². The molecule has 0 aromatic rings. The molecule has 0 saturated heterocycles. The Morgan fingerprint density at radius 1 is 1.00 bits per heavy atom. The van der Waals surface area contributed by atoms with Crippen LogP contribution in [0.1, 0.15) is 46.5 Å². The molecule has 22 heavy (non-hydrogen) atoms. The number of rotatable bonds is 9. The number of carbonyl (C=O) groups excluding carboxylic acids is 1. The molecule has 0 rings (SSSR count). The Labute approximate surface area is 136 Å². The van der Waals surface area contributed by atoms with Crippen molar-refractivity contribution < 1.29 is 4.79 Å². The van der Waals surface area contributed by atoms with Gasteiger partial charge in [-0.25, -0.2) is 0 Å². The third kappa shape index (κ3) is 16.0. The first-order valence-corrected chi connectivity index (χ1v) is 8.09. The number of carbonyl (C=O) groups is 1. The maximum atomic E-state index is 11.4. The van der Waals surface area contributed by atoms with E-state index in [0.717, 1.165) is 32.2 Å². The molecule has 0 aliphatic heterocycles. The van der Waals surface area contributed by atoms with Crippen LogP contribution in [0.15, 0.2) is 48.6 Å². The van der Waals surface area contributed by atoms with Gasteiger partial charge in [-0.3, -0.25) is 4.79 Å². The fourth-order valence-corrected chi connectivity index (χ4v) is 1.43. The van der Waals surface area contributed by atoms with Crippen molar-refractivity contribution in [3.63, 3.8) is 0 Å². The Balaban J connectivity index is 3.71. The SMILES string of the molecule is CCC/C=C/C#C/C=C/C=C/CC/C=C/C(=O)NCC(C)C. The second-order valence-electron chi connectivity index (χ2n) is 5.39. The molecule has 0 unspecified atom stereocenters. The monoisotopic (exact) mass is 299 g/mol. The lowest BCUT2D eigenvalue weighted by Crippen LogP contribution is -2.25. The zero-order valence-corrected chi connectivity index (χ0v) is 14.1. The Kier molecular flexibility index (Phi) is 14.0. The predicted octanol–water partition coefficient (Wildman–Crippen LogP) is 4.57. The number of allylic oxidation sites excluding steroid dienone is 7. The molecular formula is C20H29NO. The van der Waals surface area contributed by atoms with Gasteiger partial charge < -0.3 is 5.32 Å². The minimum absolute atomic E-state index is 0.0102. The van der Waals surface area contributed by atoms with E-state index < -0.39 is 0 Å². The highest BCUT2D eigenvalue weighted by Crippen LogP contribution is 1.94. The molecule has 0 heterocycles. The largest absolute Gasteiger partial charge is 0.352 e. The summed E-state index contributed by atoms with van der Waals surface area (Å²) in [7, 11) is 0. The van der Waals surface area contributed by atoms with Crippen molar-refractivity contribution in [3.8, 4) is 11.8 Å². The van der Waals surface area contributed by atoms with Crippen LogP contribution in [0, 0.1) is 17.8 Å². The molecule has 2 heteroatoms. The molecule has 0 aliphatic carbocycles. The van der Waals surface area contributed by atoms with Gasteiger partial charge in [0, 0.05) is 6.54 Å². The lowest BCUT2D eigenvalue weighted by Gasteiger charge is -2.03. The third-order valence-corrected chi connectivity index (χ3v) is 2.62. The second kappa shape index (κ2) is 15.4. The van der Waals surface area contributed by atoms with Gasteiger partial charge in [0.15, 0.2) is 0 Å². The smallest absolute Gasteiger partial charge is 0.243 e. The molecule has 0 spiro atoms. The predicted molar refractivity (Wildman–Crippen MR) is 96.3 cm³/mol. The van der Waals surface area contributed by atoms with Crippen molar-refractivity contribution in [1.82, 2.24) is 5.32 Å². The van der Waals surface area contributed by atoms with Gasteiger partial charge in [-0.05, 0) is 43.4 Å². The van der Waals surface area contributed by atoms with Crippen molar-refractivity contribution in [3.05, 3.63) is 48.6 Å². The zero-order valence-electron chi connectivity index (χ0n) is 14.1. The minimum atomic E-state index is -0.0102. The van der Waals surface area contributed by atoms with Crippen molar-refractivity contribution in [2.45, 2.75) is 46.5 Å². The highest BCUT2D eigenvalue weighted by Gasteiger charge is 1.96. The molecule has 1 N–H and O–H groups in total. The molecular weight excluding hydrogens is 270 g/mol. The summed E-state index contributed by atoms with van der Waals surface area (Å²) in [5.74, 6) is 6.38. The summed E-state index contributed by atoms with van der Waals surface area (Å²) in [5, 5.41) is 2.85. The van der Waals surface area contributed by atoms with Crippen molar-refractivity contribution in [1.29, 1.82) is 0 Å². The number of hydrogen-bond acceptors (Lipinski definition) is 1. The summed E-state index contributed by atoms with van der Waals surface area (Å²) >= 11 is 0. The maximum absolute atomic E-state index is 11.4. The second-order valence-corrected chi connectivity index (χ2v) is 5.39. The van der Waals surface area contributed by atoms with E-state index in [1.54, 1.807) is 6.08 Å². The first kappa shape index (κ1) is 20.0. The van der Waals surface area contributed by atoms with Crippen LogP contribution < -0.4 is 5.32 Å². The summed E-state index contributed by atoms with van der Waals surface area (Å²) in [6.07, 6.45) is 19.3. The number of nitrogens with one attached hydrogen (secondary N) is 1. The van der Waals surface area contributed by atoms with Gasteiger partial charge in [-0.1, -0.05) is 69.4 Å². The lowest BCUT2D eigenvalue weighted by atomic mass is 10.2. The first-order chi connectivity index (χ1) is 10.7. The number of amides is 1. The van der Waals surface area contributed by atoms with E-state index in [4.69, 9.17) is 0 Å². The van der Waals surface area contributed by atoms with Crippen LogP contribution in [-0.4, -0.2) is 12.5 Å². The number of hydrogen-bond donors (Lipinski definition) is 1.